The fraction of sp³-hybridized carbons (Fsp3) is 0.700. The molecule has 1 aromatic heterocycles. The molecule has 0 unspecified atom stereocenters. The molecule has 0 aliphatic carbocycles. The Labute approximate surface area is 101 Å². The van der Waals surface area contributed by atoms with Gasteiger partial charge in [-0.05, 0) is 5.92 Å². The maximum absolute atomic E-state index is 5.37. The Morgan fingerprint density at radius 1 is 1.59 bits per heavy atom. The fourth-order valence-electron chi connectivity index (χ4n) is 1.25. The van der Waals surface area contributed by atoms with Crippen LogP contribution in [0.1, 0.15) is 19.7 Å². The topological polar surface area (TPSA) is 93.2 Å². The Kier molecular flexibility index (Phi) is 5.41. The summed E-state index contributed by atoms with van der Waals surface area (Å²) >= 11 is 0. The second-order valence-electron chi connectivity index (χ2n) is 4.26. The molecule has 7 heteroatoms. The molecule has 0 amide bonds. The summed E-state index contributed by atoms with van der Waals surface area (Å²) in [6, 6.07) is 0. The molecule has 0 aliphatic heterocycles. The minimum absolute atomic E-state index is 0.513. The Morgan fingerprint density at radius 3 is 2.88 bits per heavy atom. The van der Waals surface area contributed by atoms with E-state index in [9.17, 15) is 0 Å². The van der Waals surface area contributed by atoms with Crippen molar-refractivity contribution >= 4 is 5.96 Å². The quantitative estimate of drug-likeness (QED) is 0.277. The largest absolute Gasteiger partial charge is 0.355 e. The molecule has 0 aromatic carbocycles. The number of nitrogens with zero attached hydrogens (tertiary/aromatic N) is 4. The number of hydrogen-bond acceptors (Lipinski definition) is 4. The molecule has 96 valence electrons. The van der Waals surface area contributed by atoms with E-state index in [4.69, 9.17) is 5.84 Å². The van der Waals surface area contributed by atoms with Crippen LogP contribution in [0.2, 0.25) is 0 Å². The highest BCUT2D eigenvalue weighted by molar-refractivity contribution is 5.79. The van der Waals surface area contributed by atoms with E-state index < -0.39 is 0 Å². The minimum atomic E-state index is 0.513. The van der Waals surface area contributed by atoms with Gasteiger partial charge in [-0.15, -0.1) is 10.2 Å². The summed E-state index contributed by atoms with van der Waals surface area (Å²) in [6.07, 6.45) is 2.46. The molecular formula is C10H21N7. The van der Waals surface area contributed by atoms with E-state index in [2.05, 4.69) is 39.8 Å². The first-order valence-corrected chi connectivity index (χ1v) is 5.71. The van der Waals surface area contributed by atoms with Gasteiger partial charge in [0.25, 0.3) is 0 Å². The molecule has 0 fully saturated rings. The number of hydrogen-bond donors (Lipinski definition) is 3. The molecule has 4 N–H and O–H groups in total. The monoisotopic (exact) mass is 239 g/mol. The first kappa shape index (κ1) is 13.4. The van der Waals surface area contributed by atoms with Gasteiger partial charge in [0.1, 0.15) is 12.2 Å². The van der Waals surface area contributed by atoms with Crippen LogP contribution in [-0.4, -0.2) is 33.8 Å². The van der Waals surface area contributed by atoms with Crippen molar-refractivity contribution in [2.45, 2.75) is 20.3 Å². The molecule has 0 saturated heterocycles. The van der Waals surface area contributed by atoms with Gasteiger partial charge in [-0.2, -0.15) is 0 Å². The van der Waals surface area contributed by atoms with Crippen molar-refractivity contribution in [3.05, 3.63) is 12.2 Å². The van der Waals surface area contributed by atoms with Gasteiger partial charge in [0.05, 0.1) is 0 Å². The van der Waals surface area contributed by atoms with Gasteiger partial charge in [0.2, 0.25) is 5.96 Å². The summed E-state index contributed by atoms with van der Waals surface area (Å²) in [4.78, 5) is 4.31. The summed E-state index contributed by atoms with van der Waals surface area (Å²) in [5.74, 6) is 7.43. The van der Waals surface area contributed by atoms with E-state index in [1.54, 1.807) is 6.33 Å². The van der Waals surface area contributed by atoms with Crippen molar-refractivity contribution in [1.29, 1.82) is 0 Å². The Morgan fingerprint density at radius 2 is 2.35 bits per heavy atom. The summed E-state index contributed by atoms with van der Waals surface area (Å²) in [5.41, 5.74) is 2.55. The molecule has 7 nitrogen and oxygen atoms in total. The highest BCUT2D eigenvalue weighted by atomic mass is 15.3. The molecule has 0 atom stereocenters. The third-order valence-electron chi connectivity index (χ3n) is 2.20. The third-order valence-corrected chi connectivity index (χ3v) is 2.20. The predicted molar refractivity (Wildman–Crippen MR) is 67.2 cm³/mol. The van der Waals surface area contributed by atoms with Crippen LogP contribution in [0.3, 0.4) is 0 Å². The molecule has 1 rings (SSSR count). The molecule has 0 radical (unpaired) electrons. The number of rotatable bonds is 5. The average Bonchev–Trinajstić information content (AvgIpc) is 2.69. The van der Waals surface area contributed by atoms with Crippen LogP contribution in [0, 0.1) is 5.92 Å². The van der Waals surface area contributed by atoms with Gasteiger partial charge in [0, 0.05) is 26.6 Å². The third kappa shape index (κ3) is 4.81. The van der Waals surface area contributed by atoms with Gasteiger partial charge in [-0.3, -0.25) is 10.4 Å². The number of hydrazine groups is 1. The summed E-state index contributed by atoms with van der Waals surface area (Å²) in [5, 5.41) is 10.9. The van der Waals surface area contributed by atoms with Crippen molar-refractivity contribution in [2.75, 3.05) is 13.1 Å². The zero-order chi connectivity index (χ0) is 12.7. The first-order chi connectivity index (χ1) is 8.13. The molecule has 0 bridgehead atoms. The highest BCUT2D eigenvalue weighted by Crippen LogP contribution is 1.92. The molecule has 1 heterocycles. The maximum atomic E-state index is 5.37. The van der Waals surface area contributed by atoms with Crippen LogP contribution in [0.15, 0.2) is 11.3 Å². The standard InChI is InChI=1S/C10H21N7/c1-8(2)6-13-10(15-11)12-5-4-9-16-14-7-17(9)3/h7-8H,4-6,11H2,1-3H3,(H2,12,13,15). The lowest BCUT2D eigenvalue weighted by atomic mass is 10.2. The smallest absolute Gasteiger partial charge is 0.205 e. The van der Waals surface area contributed by atoms with Gasteiger partial charge in [-0.25, -0.2) is 5.84 Å². The zero-order valence-corrected chi connectivity index (χ0v) is 10.6. The number of aliphatic imine (C=N–C) groups is 1. The van der Waals surface area contributed by atoms with Crippen molar-refractivity contribution in [3.8, 4) is 0 Å². The number of aromatic nitrogens is 3. The van der Waals surface area contributed by atoms with E-state index in [0.717, 1.165) is 18.8 Å². The Bertz CT molecular complexity index is 355. The summed E-state index contributed by atoms with van der Waals surface area (Å²) < 4.78 is 1.89. The van der Waals surface area contributed by atoms with Gasteiger partial charge in [0.15, 0.2) is 0 Å². The van der Waals surface area contributed by atoms with Crippen LogP contribution in [0.5, 0.6) is 0 Å². The van der Waals surface area contributed by atoms with Crippen molar-refractivity contribution in [3.63, 3.8) is 0 Å². The van der Waals surface area contributed by atoms with Crippen LogP contribution in [0.4, 0.5) is 0 Å². The normalized spacial score (nSPS) is 11.9. The fourth-order valence-corrected chi connectivity index (χ4v) is 1.25. The number of nitrogens with one attached hydrogen (secondary N) is 2. The van der Waals surface area contributed by atoms with Crippen molar-refractivity contribution in [1.82, 2.24) is 25.5 Å². The number of nitrogens with two attached hydrogens (primary N) is 1. The lowest BCUT2D eigenvalue weighted by Crippen LogP contribution is -2.42. The van der Waals surface area contributed by atoms with Gasteiger partial charge < -0.3 is 9.88 Å². The van der Waals surface area contributed by atoms with E-state index in [-0.39, 0.29) is 0 Å². The first-order valence-electron chi connectivity index (χ1n) is 5.71. The van der Waals surface area contributed by atoms with Crippen molar-refractivity contribution in [2.24, 2.45) is 23.8 Å². The number of guanidine groups is 1. The highest BCUT2D eigenvalue weighted by Gasteiger charge is 2.01. The minimum Gasteiger partial charge on any atom is -0.355 e. The van der Waals surface area contributed by atoms with Crippen LogP contribution in [-0.2, 0) is 13.5 Å². The van der Waals surface area contributed by atoms with E-state index >= 15 is 0 Å². The second kappa shape index (κ2) is 6.85. The lowest BCUT2D eigenvalue weighted by Gasteiger charge is -2.09. The molecule has 0 aliphatic rings. The average molecular weight is 239 g/mol. The van der Waals surface area contributed by atoms with E-state index in [1.807, 2.05) is 11.6 Å². The summed E-state index contributed by atoms with van der Waals surface area (Å²) in [6.45, 7) is 5.68. The van der Waals surface area contributed by atoms with Gasteiger partial charge >= 0.3 is 0 Å². The SMILES string of the molecule is CC(C)CN=C(NN)NCCc1nncn1C. The number of aryl methyl sites for hydroxylation is 1. The van der Waals surface area contributed by atoms with Crippen LogP contribution < -0.4 is 16.6 Å². The molecule has 17 heavy (non-hydrogen) atoms. The Hall–Kier alpha value is -1.63. The molecule has 1 aromatic rings. The maximum Gasteiger partial charge on any atom is 0.205 e. The zero-order valence-electron chi connectivity index (χ0n) is 10.6. The van der Waals surface area contributed by atoms with Gasteiger partial charge in [-0.1, -0.05) is 13.8 Å². The Balaban J connectivity index is 2.33. The predicted octanol–water partition coefficient (Wildman–Crippen LogP) is -0.577. The summed E-state index contributed by atoms with van der Waals surface area (Å²) in [7, 11) is 1.92. The van der Waals surface area contributed by atoms with Crippen LogP contribution >= 0.6 is 0 Å². The second-order valence-corrected chi connectivity index (χ2v) is 4.26. The van der Waals surface area contributed by atoms with E-state index in [1.165, 1.54) is 0 Å². The molecule has 0 saturated carbocycles. The van der Waals surface area contributed by atoms with E-state index in [0.29, 0.717) is 18.4 Å². The molecule has 0 spiro atoms. The van der Waals surface area contributed by atoms with Crippen LogP contribution in [0.25, 0.3) is 0 Å². The molecular weight excluding hydrogens is 218 g/mol. The lowest BCUT2D eigenvalue weighted by molar-refractivity contribution is 0.655. The van der Waals surface area contributed by atoms with Crippen molar-refractivity contribution < 1.29 is 0 Å².